The van der Waals surface area contributed by atoms with Crippen LogP contribution in [0.25, 0.3) is 0 Å². The van der Waals surface area contributed by atoms with Crippen LogP contribution in [0.3, 0.4) is 0 Å². The van der Waals surface area contributed by atoms with Crippen LogP contribution < -0.4 is 10.6 Å². The monoisotopic (exact) mass is 272 g/mol. The molecule has 2 rings (SSSR count). The second-order valence-electron chi connectivity index (χ2n) is 5.29. The summed E-state index contributed by atoms with van der Waals surface area (Å²) in [6.07, 6.45) is 0. The van der Waals surface area contributed by atoms with Gasteiger partial charge in [0.05, 0.1) is 17.8 Å². The maximum absolute atomic E-state index is 12.1. The first kappa shape index (κ1) is 14.5. The summed E-state index contributed by atoms with van der Waals surface area (Å²) in [4.78, 5) is 14.3. The average molecular weight is 272 g/mol. The van der Waals surface area contributed by atoms with E-state index < -0.39 is 0 Å². The SMILES string of the molecule is CC1CN(CC(=O)Nc2ccccc2C#N)C(C)CN1. The van der Waals surface area contributed by atoms with Gasteiger partial charge >= 0.3 is 0 Å². The largest absolute Gasteiger partial charge is 0.324 e. The lowest BCUT2D eigenvalue weighted by molar-refractivity contribution is -0.118. The quantitative estimate of drug-likeness (QED) is 0.867. The second-order valence-corrected chi connectivity index (χ2v) is 5.29. The molecule has 5 heteroatoms. The van der Waals surface area contributed by atoms with Crippen LogP contribution in [0.15, 0.2) is 24.3 Å². The number of anilines is 1. The third-order valence-electron chi connectivity index (χ3n) is 3.56. The molecule has 1 fully saturated rings. The van der Waals surface area contributed by atoms with Crippen LogP contribution in [0.1, 0.15) is 19.4 Å². The highest BCUT2D eigenvalue weighted by Crippen LogP contribution is 2.14. The minimum Gasteiger partial charge on any atom is -0.324 e. The van der Waals surface area contributed by atoms with Gasteiger partial charge in [0.2, 0.25) is 5.91 Å². The molecule has 0 radical (unpaired) electrons. The Balaban J connectivity index is 1.97. The van der Waals surface area contributed by atoms with E-state index in [0.717, 1.165) is 13.1 Å². The van der Waals surface area contributed by atoms with Crippen LogP contribution in [-0.2, 0) is 4.79 Å². The van der Waals surface area contributed by atoms with Gasteiger partial charge in [-0.05, 0) is 26.0 Å². The molecule has 1 saturated heterocycles. The number of nitriles is 1. The molecule has 1 aromatic carbocycles. The summed E-state index contributed by atoms with van der Waals surface area (Å²) < 4.78 is 0. The summed E-state index contributed by atoms with van der Waals surface area (Å²) in [5.74, 6) is -0.0753. The predicted octanol–water partition coefficient (Wildman–Crippen LogP) is 1.18. The highest BCUT2D eigenvalue weighted by atomic mass is 16.2. The van der Waals surface area contributed by atoms with Crippen molar-refractivity contribution in [3.63, 3.8) is 0 Å². The Morgan fingerprint density at radius 3 is 3.00 bits per heavy atom. The third-order valence-corrected chi connectivity index (χ3v) is 3.56. The minimum atomic E-state index is -0.0753. The number of rotatable bonds is 3. The Kier molecular flexibility index (Phi) is 4.72. The molecule has 2 atom stereocenters. The fraction of sp³-hybridized carbons (Fsp3) is 0.467. The Labute approximate surface area is 119 Å². The van der Waals surface area contributed by atoms with Crippen molar-refractivity contribution in [1.29, 1.82) is 5.26 Å². The molecule has 2 unspecified atom stereocenters. The van der Waals surface area contributed by atoms with Crippen LogP contribution in [0.5, 0.6) is 0 Å². The molecule has 20 heavy (non-hydrogen) atoms. The molecule has 1 amide bonds. The maximum Gasteiger partial charge on any atom is 0.238 e. The summed E-state index contributed by atoms with van der Waals surface area (Å²) in [7, 11) is 0. The van der Waals surface area contributed by atoms with Crippen LogP contribution >= 0.6 is 0 Å². The highest BCUT2D eigenvalue weighted by molar-refractivity contribution is 5.93. The molecule has 0 aromatic heterocycles. The number of carbonyl (C=O) groups is 1. The Morgan fingerprint density at radius 1 is 1.50 bits per heavy atom. The zero-order valence-corrected chi connectivity index (χ0v) is 11.9. The Morgan fingerprint density at radius 2 is 2.25 bits per heavy atom. The molecule has 0 bridgehead atoms. The van der Waals surface area contributed by atoms with Crippen molar-refractivity contribution in [3.8, 4) is 6.07 Å². The normalized spacial score (nSPS) is 23.1. The zero-order valence-electron chi connectivity index (χ0n) is 11.9. The molecule has 106 valence electrons. The van der Waals surface area contributed by atoms with Crippen LogP contribution in [0, 0.1) is 11.3 Å². The lowest BCUT2D eigenvalue weighted by Crippen LogP contribution is -2.55. The molecule has 2 N–H and O–H groups in total. The van der Waals surface area contributed by atoms with Gasteiger partial charge in [0.15, 0.2) is 0 Å². The Bertz CT molecular complexity index is 523. The molecule has 1 aliphatic rings. The topological polar surface area (TPSA) is 68.2 Å². The molecule has 0 spiro atoms. The van der Waals surface area contributed by atoms with E-state index in [1.54, 1.807) is 18.2 Å². The summed E-state index contributed by atoms with van der Waals surface area (Å²) in [6, 6.07) is 9.86. The van der Waals surface area contributed by atoms with Gasteiger partial charge in [-0.2, -0.15) is 5.26 Å². The van der Waals surface area contributed by atoms with Gasteiger partial charge in [0, 0.05) is 25.2 Å². The first-order valence-corrected chi connectivity index (χ1v) is 6.86. The summed E-state index contributed by atoms with van der Waals surface area (Å²) in [5, 5.41) is 15.2. The first-order chi connectivity index (χ1) is 9.60. The van der Waals surface area contributed by atoms with Crippen LogP contribution in [0.2, 0.25) is 0 Å². The lowest BCUT2D eigenvalue weighted by Gasteiger charge is -2.36. The van der Waals surface area contributed by atoms with E-state index in [2.05, 4.69) is 35.5 Å². The van der Waals surface area contributed by atoms with Crippen molar-refractivity contribution in [2.24, 2.45) is 0 Å². The van der Waals surface area contributed by atoms with E-state index in [1.165, 1.54) is 0 Å². The smallest absolute Gasteiger partial charge is 0.238 e. The van der Waals surface area contributed by atoms with Crippen molar-refractivity contribution in [2.45, 2.75) is 25.9 Å². The van der Waals surface area contributed by atoms with Crippen molar-refractivity contribution in [2.75, 3.05) is 25.0 Å². The van der Waals surface area contributed by atoms with Gasteiger partial charge < -0.3 is 10.6 Å². The third kappa shape index (κ3) is 3.56. The van der Waals surface area contributed by atoms with Crippen LogP contribution in [-0.4, -0.2) is 42.5 Å². The molecule has 5 nitrogen and oxygen atoms in total. The molecule has 1 aliphatic heterocycles. The number of piperazine rings is 1. The molecule has 0 saturated carbocycles. The minimum absolute atomic E-state index is 0.0753. The van der Waals surface area contributed by atoms with E-state index in [1.807, 2.05) is 6.07 Å². The number of para-hydroxylation sites is 1. The number of carbonyl (C=O) groups excluding carboxylic acids is 1. The first-order valence-electron chi connectivity index (χ1n) is 6.86. The van der Waals surface area contributed by atoms with Gasteiger partial charge in [0.1, 0.15) is 6.07 Å². The van der Waals surface area contributed by atoms with Gasteiger partial charge in [-0.25, -0.2) is 0 Å². The fourth-order valence-electron chi connectivity index (χ4n) is 2.38. The second kappa shape index (κ2) is 6.51. The number of nitrogens with zero attached hydrogens (tertiary/aromatic N) is 2. The van der Waals surface area contributed by atoms with Crippen molar-refractivity contribution < 1.29 is 4.79 Å². The fourth-order valence-corrected chi connectivity index (χ4v) is 2.38. The Hall–Kier alpha value is -1.90. The lowest BCUT2D eigenvalue weighted by atomic mass is 10.1. The average Bonchev–Trinajstić information content (AvgIpc) is 2.43. The molecular weight excluding hydrogens is 252 g/mol. The van der Waals surface area contributed by atoms with E-state index in [0.29, 0.717) is 29.9 Å². The van der Waals surface area contributed by atoms with Crippen molar-refractivity contribution >= 4 is 11.6 Å². The van der Waals surface area contributed by atoms with E-state index in [4.69, 9.17) is 5.26 Å². The summed E-state index contributed by atoms with van der Waals surface area (Å²) in [6.45, 7) is 6.32. The van der Waals surface area contributed by atoms with Crippen molar-refractivity contribution in [3.05, 3.63) is 29.8 Å². The number of hydrogen-bond acceptors (Lipinski definition) is 4. The van der Waals surface area contributed by atoms with Gasteiger partial charge in [-0.1, -0.05) is 12.1 Å². The summed E-state index contributed by atoms with van der Waals surface area (Å²) >= 11 is 0. The van der Waals surface area contributed by atoms with E-state index >= 15 is 0 Å². The van der Waals surface area contributed by atoms with Crippen LogP contribution in [0.4, 0.5) is 5.69 Å². The molecule has 1 heterocycles. The highest BCUT2D eigenvalue weighted by Gasteiger charge is 2.24. The van der Waals surface area contributed by atoms with Gasteiger partial charge in [0.25, 0.3) is 0 Å². The van der Waals surface area contributed by atoms with Gasteiger partial charge in [-0.15, -0.1) is 0 Å². The number of benzene rings is 1. The van der Waals surface area contributed by atoms with E-state index in [9.17, 15) is 4.79 Å². The summed E-state index contributed by atoms with van der Waals surface area (Å²) in [5.41, 5.74) is 1.07. The van der Waals surface area contributed by atoms with Gasteiger partial charge in [-0.3, -0.25) is 9.69 Å². The molecule has 0 aliphatic carbocycles. The molecule has 1 aromatic rings. The number of nitrogens with one attached hydrogen (secondary N) is 2. The zero-order chi connectivity index (χ0) is 14.5. The molecular formula is C15H20N4O. The standard InChI is InChI=1S/C15H20N4O/c1-11-9-19(12(2)8-17-11)10-15(20)18-14-6-4-3-5-13(14)7-16/h3-6,11-12,17H,8-10H2,1-2H3,(H,18,20). The number of hydrogen-bond donors (Lipinski definition) is 2. The number of amides is 1. The maximum atomic E-state index is 12.1. The predicted molar refractivity (Wildman–Crippen MR) is 78.3 cm³/mol. The van der Waals surface area contributed by atoms with E-state index in [-0.39, 0.29) is 5.91 Å². The van der Waals surface area contributed by atoms with Crippen molar-refractivity contribution in [1.82, 2.24) is 10.2 Å².